The molecule has 0 rings (SSSR count). The number of carbonyl (C=O) groups is 2. The van der Waals surface area contributed by atoms with Crippen LogP contribution in [0.3, 0.4) is 0 Å². The maximum atomic E-state index is 12.1. The van der Waals surface area contributed by atoms with E-state index < -0.39 is 34.3 Å². The van der Waals surface area contributed by atoms with Crippen molar-refractivity contribution in [2.75, 3.05) is 0 Å². The van der Waals surface area contributed by atoms with E-state index >= 15 is 0 Å². The van der Waals surface area contributed by atoms with Crippen molar-refractivity contribution in [3.8, 4) is 0 Å². The highest BCUT2D eigenvalue weighted by Gasteiger charge is 2.41. The molecule has 0 aliphatic heterocycles. The number of rotatable bonds is 5. The first-order valence-electron chi connectivity index (χ1n) is 7.30. The van der Waals surface area contributed by atoms with Crippen molar-refractivity contribution in [2.24, 2.45) is 0 Å². The van der Waals surface area contributed by atoms with Crippen molar-refractivity contribution in [3.63, 3.8) is 0 Å². The zero-order valence-electron chi connectivity index (χ0n) is 15.4. The molecule has 0 unspecified atom stereocenters. The number of hydrogen-bond acceptors (Lipinski definition) is 6. The van der Waals surface area contributed by atoms with Gasteiger partial charge in [-0.2, -0.15) is 0 Å². The number of hydrogen-bond donors (Lipinski definition) is 0. The Bertz CT molecular complexity index is 369. The molecule has 0 saturated carbocycles. The topological polar surface area (TPSA) is 71.1 Å². The van der Waals surface area contributed by atoms with E-state index in [1.54, 1.807) is 41.5 Å². The summed E-state index contributed by atoms with van der Waals surface area (Å²) in [6, 6.07) is 0. The molecule has 0 spiro atoms. The fourth-order valence-electron chi connectivity index (χ4n) is 1.08. The number of carbonyl (C=O) groups excluding carboxylic acids is 2. The van der Waals surface area contributed by atoms with Crippen LogP contribution in [0.1, 0.15) is 69.2 Å². The highest BCUT2D eigenvalue weighted by atomic mass is 17.2. The lowest BCUT2D eigenvalue weighted by molar-refractivity contribution is -0.389. The third-order valence-corrected chi connectivity index (χ3v) is 2.24. The van der Waals surface area contributed by atoms with Crippen molar-refractivity contribution >= 4 is 11.9 Å². The molecular weight excluding hydrogens is 288 g/mol. The Morgan fingerprint density at radius 2 is 0.773 bits per heavy atom. The van der Waals surface area contributed by atoms with Crippen LogP contribution in [0.4, 0.5) is 0 Å². The van der Waals surface area contributed by atoms with E-state index in [-0.39, 0.29) is 0 Å². The van der Waals surface area contributed by atoms with Gasteiger partial charge in [-0.15, -0.1) is 0 Å². The van der Waals surface area contributed by atoms with Crippen molar-refractivity contribution in [2.45, 2.75) is 91.6 Å². The van der Waals surface area contributed by atoms with Gasteiger partial charge < -0.3 is 9.47 Å². The van der Waals surface area contributed by atoms with Crippen molar-refractivity contribution in [3.05, 3.63) is 0 Å². The first-order valence-corrected chi connectivity index (χ1v) is 7.30. The Morgan fingerprint density at radius 3 is 0.955 bits per heavy atom. The zero-order chi connectivity index (χ0) is 18.0. The molecule has 6 nitrogen and oxygen atoms in total. The van der Waals surface area contributed by atoms with Gasteiger partial charge in [-0.05, 0) is 69.2 Å². The molecule has 0 saturated heterocycles. The Kier molecular flexibility index (Phi) is 6.20. The molecule has 6 heteroatoms. The monoisotopic (exact) mass is 318 g/mol. The van der Waals surface area contributed by atoms with Crippen LogP contribution in [-0.4, -0.2) is 34.3 Å². The maximum absolute atomic E-state index is 12.1. The third-order valence-electron chi connectivity index (χ3n) is 2.24. The Morgan fingerprint density at radius 1 is 0.545 bits per heavy atom. The molecule has 0 amide bonds. The Labute approximate surface area is 133 Å². The summed E-state index contributed by atoms with van der Waals surface area (Å²) >= 11 is 0. The summed E-state index contributed by atoms with van der Waals surface area (Å²) in [5, 5.41) is 0. The van der Waals surface area contributed by atoms with Crippen molar-refractivity contribution in [1.82, 2.24) is 0 Å². The maximum Gasteiger partial charge on any atom is 0.341 e. The fraction of sp³-hybridized carbons (Fsp3) is 0.875. The van der Waals surface area contributed by atoms with Crippen molar-refractivity contribution in [1.29, 1.82) is 0 Å². The largest absolute Gasteiger partial charge is 0.458 e. The van der Waals surface area contributed by atoms with Crippen LogP contribution in [-0.2, 0) is 28.8 Å². The van der Waals surface area contributed by atoms with Crippen molar-refractivity contribution < 1.29 is 28.8 Å². The minimum Gasteiger partial charge on any atom is -0.458 e. The number of esters is 2. The van der Waals surface area contributed by atoms with E-state index in [0.717, 1.165) is 0 Å². The van der Waals surface area contributed by atoms with Gasteiger partial charge in [0, 0.05) is 0 Å². The summed E-state index contributed by atoms with van der Waals surface area (Å²) in [6.45, 7) is 16.6. The summed E-state index contributed by atoms with van der Waals surface area (Å²) in [5.41, 5.74) is -3.99. The SMILES string of the molecule is CC(C)(C)OC(=O)C(C)(C)OOC(C)(C)C(=O)OC(C)(C)C. The first-order chi connectivity index (χ1) is 9.46. The summed E-state index contributed by atoms with van der Waals surface area (Å²) < 4.78 is 10.5. The molecule has 0 bridgehead atoms. The van der Waals surface area contributed by atoms with Crippen LogP contribution in [0.5, 0.6) is 0 Å². The molecule has 0 aromatic carbocycles. The van der Waals surface area contributed by atoms with Crippen LogP contribution < -0.4 is 0 Å². The summed E-state index contributed by atoms with van der Waals surface area (Å²) in [5.74, 6) is -1.17. The van der Waals surface area contributed by atoms with Crippen LogP contribution in [0.2, 0.25) is 0 Å². The van der Waals surface area contributed by atoms with Crippen LogP contribution in [0.25, 0.3) is 0 Å². The third kappa shape index (κ3) is 7.75. The molecule has 0 radical (unpaired) electrons. The van der Waals surface area contributed by atoms with Gasteiger partial charge in [-0.1, -0.05) is 0 Å². The quantitative estimate of drug-likeness (QED) is 0.440. The number of ether oxygens (including phenoxy) is 2. The van der Waals surface area contributed by atoms with Crippen LogP contribution in [0, 0.1) is 0 Å². The average Bonchev–Trinajstić information content (AvgIpc) is 2.22. The second-order valence-electron chi connectivity index (χ2n) is 8.19. The van der Waals surface area contributed by atoms with Crippen LogP contribution >= 0.6 is 0 Å². The van der Waals surface area contributed by atoms with E-state index in [0.29, 0.717) is 0 Å². The van der Waals surface area contributed by atoms with E-state index in [1.165, 1.54) is 27.7 Å². The van der Waals surface area contributed by atoms with Crippen LogP contribution in [0.15, 0.2) is 0 Å². The highest BCUT2D eigenvalue weighted by Crippen LogP contribution is 2.23. The highest BCUT2D eigenvalue weighted by molar-refractivity contribution is 5.79. The van der Waals surface area contributed by atoms with Gasteiger partial charge in [0.15, 0.2) is 11.2 Å². The van der Waals surface area contributed by atoms with E-state index in [2.05, 4.69) is 0 Å². The molecule has 22 heavy (non-hydrogen) atoms. The zero-order valence-corrected chi connectivity index (χ0v) is 15.4. The van der Waals surface area contributed by atoms with Gasteiger partial charge in [0.2, 0.25) is 0 Å². The molecule has 0 aliphatic carbocycles. The van der Waals surface area contributed by atoms with Gasteiger partial charge in [-0.25, -0.2) is 19.4 Å². The molecule has 0 aromatic heterocycles. The Hall–Kier alpha value is -1.14. The fourth-order valence-corrected chi connectivity index (χ4v) is 1.08. The minimum absolute atomic E-state index is 0.583. The Balaban J connectivity index is 4.76. The van der Waals surface area contributed by atoms with E-state index in [4.69, 9.17) is 19.2 Å². The summed E-state index contributed by atoms with van der Waals surface area (Å²) in [7, 11) is 0. The average molecular weight is 318 g/mol. The smallest absolute Gasteiger partial charge is 0.341 e. The molecular formula is C16H30O6. The van der Waals surface area contributed by atoms with Gasteiger partial charge in [-0.3, -0.25) is 0 Å². The molecule has 130 valence electrons. The molecule has 0 N–H and O–H groups in total. The van der Waals surface area contributed by atoms with E-state index in [1.807, 2.05) is 0 Å². The molecule has 0 heterocycles. The predicted octanol–water partition coefficient (Wildman–Crippen LogP) is 3.18. The second kappa shape index (κ2) is 6.54. The lowest BCUT2D eigenvalue weighted by atomic mass is 10.1. The van der Waals surface area contributed by atoms with E-state index in [9.17, 15) is 9.59 Å². The lowest BCUT2D eigenvalue weighted by Crippen LogP contribution is -2.46. The first kappa shape index (κ1) is 20.9. The van der Waals surface area contributed by atoms with Gasteiger partial charge in [0.05, 0.1) is 0 Å². The minimum atomic E-state index is -1.35. The predicted molar refractivity (Wildman–Crippen MR) is 82.0 cm³/mol. The van der Waals surface area contributed by atoms with Gasteiger partial charge in [0.25, 0.3) is 0 Å². The normalized spacial score (nSPS) is 13.7. The summed E-state index contributed by atoms with van der Waals surface area (Å²) in [4.78, 5) is 34.4. The molecule has 0 aliphatic rings. The molecule has 0 aromatic rings. The second-order valence-corrected chi connectivity index (χ2v) is 8.19. The molecule has 0 atom stereocenters. The van der Waals surface area contributed by atoms with Gasteiger partial charge >= 0.3 is 11.9 Å². The lowest BCUT2D eigenvalue weighted by Gasteiger charge is -2.31. The summed E-state index contributed by atoms with van der Waals surface area (Å²) in [6.07, 6.45) is 0. The molecule has 0 fully saturated rings. The standard InChI is InChI=1S/C16H30O6/c1-13(2,3)19-11(17)15(7,8)21-22-16(9,10)12(18)20-14(4,5)6/h1-10H3. The van der Waals surface area contributed by atoms with Gasteiger partial charge in [0.1, 0.15) is 11.2 Å².